The van der Waals surface area contributed by atoms with E-state index in [2.05, 4.69) is 121 Å². The van der Waals surface area contributed by atoms with Crippen LogP contribution in [0.2, 0.25) is 26.2 Å². The Kier molecular flexibility index (Phi) is 10.5. The largest absolute Gasteiger partial charge is 0.461 e. The zero-order valence-electron chi connectivity index (χ0n) is 31.8. The van der Waals surface area contributed by atoms with Gasteiger partial charge >= 0.3 is 11.9 Å². The number of carbonyl (C=O) groups is 2. The predicted molar refractivity (Wildman–Crippen MR) is 191 cm³/mol. The quantitative estimate of drug-likeness (QED) is 0.181. The van der Waals surface area contributed by atoms with Crippen LogP contribution >= 0.6 is 0 Å². The predicted octanol–water partition coefficient (Wildman–Crippen LogP) is 8.26. The van der Waals surface area contributed by atoms with Gasteiger partial charge in [-0.1, -0.05) is 87.5 Å². The van der Waals surface area contributed by atoms with Crippen LogP contribution in [0.15, 0.2) is 23.8 Å². The van der Waals surface area contributed by atoms with Crippen LogP contribution in [0.1, 0.15) is 102 Å². The highest BCUT2D eigenvalue weighted by atomic mass is 28.3. The normalized spacial score (nSPS) is 34.1. The van der Waals surface area contributed by atoms with Crippen LogP contribution in [0.5, 0.6) is 0 Å². The van der Waals surface area contributed by atoms with Gasteiger partial charge in [-0.3, -0.25) is 4.79 Å². The van der Waals surface area contributed by atoms with Crippen molar-refractivity contribution in [1.82, 2.24) is 0 Å². The lowest BCUT2D eigenvalue weighted by Gasteiger charge is -2.51. The molecule has 0 aromatic heterocycles. The van der Waals surface area contributed by atoms with Crippen molar-refractivity contribution >= 4 is 30.0 Å². The zero-order chi connectivity index (χ0) is 34.8. The molecule has 0 aromatic rings. The van der Waals surface area contributed by atoms with Crippen molar-refractivity contribution < 1.29 is 27.9 Å². The topological polar surface area (TPSA) is 71.1 Å². The van der Waals surface area contributed by atoms with E-state index in [9.17, 15) is 9.59 Å². The minimum absolute atomic E-state index is 0.0241. The van der Waals surface area contributed by atoms with Gasteiger partial charge in [0, 0.05) is 24.2 Å². The molecule has 8 atom stereocenters. The first-order valence-corrected chi connectivity index (χ1v) is 23.6. The Hall–Kier alpha value is -1.23. The Morgan fingerprint density at radius 2 is 1.52 bits per heavy atom. The molecule has 0 radical (unpaired) electrons. The van der Waals surface area contributed by atoms with Crippen molar-refractivity contribution in [2.75, 3.05) is 0 Å². The van der Waals surface area contributed by atoms with E-state index in [4.69, 9.17) is 18.3 Å². The summed E-state index contributed by atoms with van der Waals surface area (Å²) in [6, 6.07) is 0. The van der Waals surface area contributed by atoms with E-state index in [-0.39, 0.29) is 69.5 Å². The third-order valence-corrected chi connectivity index (χ3v) is 14.1. The van der Waals surface area contributed by atoms with Crippen LogP contribution in [-0.4, -0.2) is 53.9 Å². The van der Waals surface area contributed by atoms with Gasteiger partial charge in [0.1, 0.15) is 18.3 Å². The molecular weight excluding hydrogens is 609 g/mol. The SMILES string of the molecule is C[SiH](C)OC1C(=O)O[C@@H](C[C@](C)(O[SiH](C)C)[C@H]2CC=CC3=C[C@@H](C(C)(C)C)C[C@H](OC(=O)C4C(C)(C)C4(C)C)[C@@H]32)C[C@@H]1C(C)(C)C. The van der Waals surface area contributed by atoms with Crippen LogP contribution < -0.4 is 0 Å². The summed E-state index contributed by atoms with van der Waals surface area (Å²) in [5.74, 6) is 0.0789. The Labute approximate surface area is 284 Å². The highest BCUT2D eigenvalue weighted by Crippen LogP contribution is 2.69. The smallest absolute Gasteiger partial charge is 0.334 e. The van der Waals surface area contributed by atoms with Gasteiger partial charge in [-0.15, -0.1) is 0 Å². The first-order valence-electron chi connectivity index (χ1n) is 18.0. The van der Waals surface area contributed by atoms with Gasteiger partial charge in [0.2, 0.25) is 0 Å². The average molecular weight is 675 g/mol. The van der Waals surface area contributed by atoms with Crippen molar-refractivity contribution in [3.05, 3.63) is 23.8 Å². The standard InChI is InChI=1S/C38H66O6Si2/c1-34(2,3)24-19-23-17-16-18-26(29(23)28(20-24)42-33(40)31-36(7,8)37(31,9)10)38(11,44-46(14)15)22-25-21-27(35(4,5)6)30(32(39)41-25)43-45(12)13/h16-17,19,24-31,45-46H,18,20-22H2,1-15H3/t24-,25-,26+,27+,28+,29+,30?,38+/m1/s1. The molecule has 46 heavy (non-hydrogen) atoms. The lowest BCUT2D eigenvalue weighted by molar-refractivity contribution is -0.182. The second-order valence-electron chi connectivity index (χ2n) is 19.1. The maximum Gasteiger partial charge on any atom is 0.334 e. The molecule has 6 nitrogen and oxygen atoms in total. The fourth-order valence-corrected chi connectivity index (χ4v) is 11.3. The van der Waals surface area contributed by atoms with Gasteiger partial charge in [0.25, 0.3) is 0 Å². The number of hydrogen-bond donors (Lipinski definition) is 0. The molecule has 0 bridgehead atoms. The maximum absolute atomic E-state index is 13.9. The molecular formula is C38H66O6Si2. The second kappa shape index (κ2) is 12.9. The summed E-state index contributed by atoms with van der Waals surface area (Å²) >= 11 is 0. The number of hydrogen-bond acceptors (Lipinski definition) is 6. The summed E-state index contributed by atoms with van der Waals surface area (Å²) in [7, 11) is -2.97. The van der Waals surface area contributed by atoms with Crippen LogP contribution in [0, 0.1) is 51.2 Å². The monoisotopic (exact) mass is 674 g/mol. The minimum atomic E-state index is -1.53. The Bertz CT molecular complexity index is 1190. The van der Waals surface area contributed by atoms with E-state index < -0.39 is 29.8 Å². The molecule has 262 valence electrons. The Balaban J connectivity index is 1.69. The molecule has 1 saturated heterocycles. The van der Waals surface area contributed by atoms with Gasteiger partial charge in [-0.05, 0) is 85.5 Å². The summed E-state index contributed by atoms with van der Waals surface area (Å²) in [4.78, 5) is 27.5. The highest BCUT2D eigenvalue weighted by Gasteiger charge is 2.69. The zero-order valence-corrected chi connectivity index (χ0v) is 34.1. The molecule has 1 heterocycles. The molecule has 0 aromatic carbocycles. The molecule has 0 N–H and O–H groups in total. The molecule has 1 unspecified atom stereocenters. The van der Waals surface area contributed by atoms with E-state index in [0.29, 0.717) is 12.3 Å². The summed E-state index contributed by atoms with van der Waals surface area (Å²) in [6.07, 6.45) is 9.02. The number of rotatable bonds is 9. The van der Waals surface area contributed by atoms with E-state index in [1.807, 2.05) is 0 Å². The fraction of sp³-hybridized carbons (Fsp3) is 0.842. The number of fused-ring (bicyclic) bond motifs is 1. The average Bonchev–Trinajstić information content (AvgIpc) is 3.30. The van der Waals surface area contributed by atoms with Crippen molar-refractivity contribution in [3.63, 3.8) is 0 Å². The van der Waals surface area contributed by atoms with Crippen LogP contribution in [0.25, 0.3) is 0 Å². The number of ether oxygens (including phenoxy) is 2. The molecule has 4 aliphatic rings. The Morgan fingerprint density at radius 3 is 2.02 bits per heavy atom. The van der Waals surface area contributed by atoms with Crippen LogP contribution in [-0.2, 0) is 27.9 Å². The summed E-state index contributed by atoms with van der Waals surface area (Å²) in [5.41, 5.74) is 0.484. The molecule has 8 heteroatoms. The third kappa shape index (κ3) is 7.50. The second-order valence-corrected chi connectivity index (χ2v) is 23.8. The lowest BCUT2D eigenvalue weighted by Crippen LogP contribution is -2.55. The molecule has 4 rings (SSSR count). The van der Waals surface area contributed by atoms with E-state index in [0.717, 1.165) is 19.3 Å². The van der Waals surface area contributed by atoms with Gasteiger partial charge < -0.3 is 18.3 Å². The molecule has 3 aliphatic carbocycles. The number of esters is 2. The van der Waals surface area contributed by atoms with Gasteiger partial charge in [0.05, 0.1) is 11.5 Å². The molecule has 2 fully saturated rings. The minimum Gasteiger partial charge on any atom is -0.461 e. The number of cyclic esters (lactones) is 1. The number of allylic oxidation sites excluding steroid dienone is 3. The van der Waals surface area contributed by atoms with Crippen LogP contribution in [0.4, 0.5) is 0 Å². The van der Waals surface area contributed by atoms with Crippen molar-refractivity contribution in [3.8, 4) is 0 Å². The molecule has 0 amide bonds. The maximum atomic E-state index is 13.9. The Morgan fingerprint density at radius 1 is 0.913 bits per heavy atom. The molecule has 1 aliphatic heterocycles. The van der Waals surface area contributed by atoms with Crippen molar-refractivity contribution in [1.29, 1.82) is 0 Å². The third-order valence-electron chi connectivity index (χ3n) is 12.3. The summed E-state index contributed by atoms with van der Waals surface area (Å²) < 4.78 is 26.3. The summed E-state index contributed by atoms with van der Waals surface area (Å²) in [5, 5.41) is 0. The molecule has 1 saturated carbocycles. The van der Waals surface area contributed by atoms with Gasteiger partial charge in [0.15, 0.2) is 18.1 Å². The van der Waals surface area contributed by atoms with E-state index >= 15 is 0 Å². The first-order chi connectivity index (χ1) is 20.9. The molecule has 0 spiro atoms. The van der Waals surface area contributed by atoms with Crippen molar-refractivity contribution in [2.24, 2.45) is 51.2 Å². The number of carbonyl (C=O) groups excluding carboxylic acids is 2. The fourth-order valence-electron chi connectivity index (χ4n) is 9.04. The van der Waals surface area contributed by atoms with Gasteiger partial charge in [-0.25, -0.2) is 4.79 Å². The first kappa shape index (κ1) is 37.6. The van der Waals surface area contributed by atoms with E-state index in [1.54, 1.807) is 0 Å². The van der Waals surface area contributed by atoms with Crippen LogP contribution in [0.3, 0.4) is 0 Å². The summed E-state index contributed by atoms with van der Waals surface area (Å²) in [6.45, 7) is 33.1. The van der Waals surface area contributed by atoms with Crippen molar-refractivity contribution in [2.45, 2.75) is 152 Å². The van der Waals surface area contributed by atoms with Gasteiger partial charge in [-0.2, -0.15) is 0 Å². The highest BCUT2D eigenvalue weighted by molar-refractivity contribution is 6.48. The lowest BCUT2D eigenvalue weighted by atomic mass is 9.61. The van der Waals surface area contributed by atoms with E-state index in [1.165, 1.54) is 5.57 Å².